The number of methoxy groups -OCH3 is 1. The molecule has 8 heteroatoms. The number of ether oxygens (including phenoxy) is 1. The van der Waals surface area contributed by atoms with Crippen molar-refractivity contribution in [3.8, 4) is 11.5 Å². The van der Waals surface area contributed by atoms with Gasteiger partial charge in [0.1, 0.15) is 11.5 Å². The van der Waals surface area contributed by atoms with Gasteiger partial charge in [-0.25, -0.2) is 4.57 Å². The second-order valence-corrected chi connectivity index (χ2v) is 8.56. The van der Waals surface area contributed by atoms with Crippen molar-refractivity contribution in [2.75, 3.05) is 7.11 Å². The first-order chi connectivity index (χ1) is 15.2. The molecule has 32 heavy (non-hydrogen) atoms. The molecule has 1 atom stereocenters. The van der Waals surface area contributed by atoms with Crippen LogP contribution in [0.2, 0.25) is 0 Å². The summed E-state index contributed by atoms with van der Waals surface area (Å²) in [6, 6.07) is 17.8. The second-order valence-electron chi connectivity index (χ2n) is 7.25. The van der Waals surface area contributed by atoms with Crippen LogP contribution in [0, 0.1) is 13.8 Å². The van der Waals surface area contributed by atoms with Gasteiger partial charge in [-0.15, -0.1) is 0 Å². The van der Waals surface area contributed by atoms with Gasteiger partial charge in [0.2, 0.25) is 0 Å². The van der Waals surface area contributed by atoms with Crippen molar-refractivity contribution in [3.63, 3.8) is 0 Å². The molecule has 0 radical (unpaired) electrons. The smallest absolute Gasteiger partial charge is 0.469 e. The van der Waals surface area contributed by atoms with Crippen molar-refractivity contribution >= 4 is 19.6 Å². The Labute approximate surface area is 186 Å². The summed E-state index contributed by atoms with van der Waals surface area (Å²) in [6.07, 6.45) is -0.0678. The van der Waals surface area contributed by atoms with E-state index in [1.54, 1.807) is 42.5 Å². The summed E-state index contributed by atoms with van der Waals surface area (Å²) < 4.78 is 27.9. The van der Waals surface area contributed by atoms with E-state index in [4.69, 9.17) is 9.05 Å². The van der Waals surface area contributed by atoms with E-state index >= 15 is 0 Å². The van der Waals surface area contributed by atoms with Crippen LogP contribution in [0.1, 0.15) is 32.6 Å². The zero-order chi connectivity index (χ0) is 23.3. The van der Waals surface area contributed by atoms with Gasteiger partial charge in [-0.1, -0.05) is 42.5 Å². The number of ketones is 1. The molecule has 3 aromatic carbocycles. The van der Waals surface area contributed by atoms with E-state index in [1.165, 1.54) is 25.3 Å². The first kappa shape index (κ1) is 23.3. The number of aryl methyl sites for hydroxylation is 2. The molecule has 0 fully saturated rings. The minimum Gasteiger partial charge on any atom is -0.469 e. The van der Waals surface area contributed by atoms with Crippen molar-refractivity contribution in [2.45, 2.75) is 20.3 Å². The molecule has 0 aromatic heterocycles. The molecular formula is C24H23O7P. The van der Waals surface area contributed by atoms with E-state index in [2.05, 4.69) is 4.74 Å². The molecule has 166 valence electrons. The van der Waals surface area contributed by atoms with Gasteiger partial charge in [-0.3, -0.25) is 14.5 Å². The number of phosphoric ester groups is 1. The Morgan fingerprint density at radius 1 is 0.906 bits per heavy atom. The zero-order valence-electron chi connectivity index (χ0n) is 17.9. The Morgan fingerprint density at radius 3 is 2.19 bits per heavy atom. The molecule has 0 aliphatic carbocycles. The van der Waals surface area contributed by atoms with Crippen LogP contribution in [-0.2, 0) is 20.5 Å². The van der Waals surface area contributed by atoms with Gasteiger partial charge in [0.05, 0.1) is 19.1 Å². The fourth-order valence-corrected chi connectivity index (χ4v) is 4.01. The number of hydrogen-bond acceptors (Lipinski definition) is 6. The van der Waals surface area contributed by atoms with E-state index in [-0.39, 0.29) is 23.5 Å². The van der Waals surface area contributed by atoms with Crippen LogP contribution in [-0.4, -0.2) is 23.8 Å². The average molecular weight is 454 g/mol. The van der Waals surface area contributed by atoms with E-state index in [0.717, 1.165) is 11.1 Å². The standard InChI is InChI=1S/C24H23O7P/c1-16-11-17(2)13-20(12-16)30-32(27,28)31-22-10-9-18(15-23(25)29-3)14-21(22)24(26)19-7-5-4-6-8-19/h4-14H,15H2,1-3H3,(H,27,28). The molecule has 0 saturated carbocycles. The lowest BCUT2D eigenvalue weighted by Crippen LogP contribution is -2.09. The van der Waals surface area contributed by atoms with E-state index < -0.39 is 19.6 Å². The van der Waals surface area contributed by atoms with E-state index in [1.807, 2.05) is 19.9 Å². The molecule has 3 aromatic rings. The lowest BCUT2D eigenvalue weighted by atomic mass is 9.99. The number of phosphoric acid groups is 1. The van der Waals surface area contributed by atoms with Gasteiger partial charge in [0.15, 0.2) is 5.78 Å². The molecule has 0 aliphatic heterocycles. The Kier molecular flexibility index (Phi) is 7.13. The molecule has 0 bridgehead atoms. The van der Waals surface area contributed by atoms with Crippen LogP contribution in [0.4, 0.5) is 0 Å². The largest absolute Gasteiger partial charge is 0.584 e. The summed E-state index contributed by atoms with van der Waals surface area (Å²) in [4.78, 5) is 35.1. The van der Waals surface area contributed by atoms with Gasteiger partial charge in [0.25, 0.3) is 0 Å². The maximum absolute atomic E-state index is 13.1. The van der Waals surface area contributed by atoms with Crippen LogP contribution in [0.25, 0.3) is 0 Å². The minimum absolute atomic E-state index is 0.0240. The van der Waals surface area contributed by atoms with Crippen LogP contribution in [0.3, 0.4) is 0 Å². The predicted octanol–water partition coefficient (Wildman–Crippen LogP) is 4.81. The maximum Gasteiger partial charge on any atom is 0.584 e. The predicted molar refractivity (Wildman–Crippen MR) is 119 cm³/mol. The van der Waals surface area contributed by atoms with E-state index in [9.17, 15) is 19.0 Å². The maximum atomic E-state index is 13.1. The molecule has 1 unspecified atom stereocenters. The molecule has 0 spiro atoms. The number of hydrogen-bond donors (Lipinski definition) is 1. The van der Waals surface area contributed by atoms with Crippen LogP contribution in [0.5, 0.6) is 11.5 Å². The first-order valence-corrected chi connectivity index (χ1v) is 11.3. The zero-order valence-corrected chi connectivity index (χ0v) is 18.8. The summed E-state index contributed by atoms with van der Waals surface area (Å²) >= 11 is 0. The third-order valence-electron chi connectivity index (χ3n) is 4.53. The number of benzene rings is 3. The van der Waals surface area contributed by atoms with Crippen LogP contribution < -0.4 is 9.05 Å². The first-order valence-electron chi connectivity index (χ1n) is 9.76. The highest BCUT2D eigenvalue weighted by atomic mass is 31.2. The third kappa shape index (κ3) is 6.06. The fraction of sp³-hybridized carbons (Fsp3) is 0.167. The Balaban J connectivity index is 1.95. The molecule has 0 heterocycles. The third-order valence-corrected chi connectivity index (χ3v) is 5.40. The van der Waals surface area contributed by atoms with Gasteiger partial charge in [-0.2, -0.15) is 0 Å². The Bertz CT molecular complexity index is 1170. The highest BCUT2D eigenvalue weighted by Crippen LogP contribution is 2.46. The molecule has 3 rings (SSSR count). The van der Waals surface area contributed by atoms with Crippen molar-refractivity contribution in [1.29, 1.82) is 0 Å². The minimum atomic E-state index is -4.63. The number of carbonyl (C=O) groups excluding carboxylic acids is 2. The summed E-state index contributed by atoms with van der Waals surface area (Å²) in [5.74, 6) is -0.879. The van der Waals surface area contributed by atoms with Crippen molar-refractivity contribution in [1.82, 2.24) is 0 Å². The molecule has 1 N–H and O–H groups in total. The summed E-state index contributed by atoms with van der Waals surface area (Å²) in [6.45, 7) is 3.67. The lowest BCUT2D eigenvalue weighted by molar-refractivity contribution is -0.139. The highest BCUT2D eigenvalue weighted by Gasteiger charge is 2.28. The lowest BCUT2D eigenvalue weighted by Gasteiger charge is -2.17. The van der Waals surface area contributed by atoms with Crippen molar-refractivity contribution < 1.29 is 32.8 Å². The molecule has 0 saturated heterocycles. The number of esters is 1. The van der Waals surface area contributed by atoms with Gasteiger partial charge >= 0.3 is 13.8 Å². The Morgan fingerprint density at radius 2 is 1.56 bits per heavy atom. The topological polar surface area (TPSA) is 99.1 Å². The molecule has 0 amide bonds. The number of carbonyl (C=O) groups is 2. The Hall–Kier alpha value is -3.41. The van der Waals surface area contributed by atoms with Crippen LogP contribution in [0.15, 0.2) is 66.7 Å². The van der Waals surface area contributed by atoms with E-state index in [0.29, 0.717) is 11.1 Å². The molecular weight excluding hydrogens is 431 g/mol. The number of rotatable bonds is 8. The van der Waals surface area contributed by atoms with Gasteiger partial charge < -0.3 is 13.8 Å². The van der Waals surface area contributed by atoms with Crippen molar-refractivity contribution in [2.24, 2.45) is 0 Å². The summed E-state index contributed by atoms with van der Waals surface area (Å²) in [5, 5.41) is 0. The molecule has 0 aliphatic rings. The fourth-order valence-electron chi connectivity index (χ4n) is 3.19. The van der Waals surface area contributed by atoms with Gasteiger partial charge in [-0.05, 0) is 54.8 Å². The average Bonchev–Trinajstić information content (AvgIpc) is 2.73. The monoisotopic (exact) mass is 454 g/mol. The quantitative estimate of drug-likeness (QED) is 0.296. The van der Waals surface area contributed by atoms with Gasteiger partial charge in [0, 0.05) is 5.56 Å². The second kappa shape index (κ2) is 9.81. The normalized spacial score (nSPS) is 12.5. The summed E-state index contributed by atoms with van der Waals surface area (Å²) in [7, 11) is -3.36. The molecule has 7 nitrogen and oxygen atoms in total. The highest BCUT2D eigenvalue weighted by molar-refractivity contribution is 7.48. The summed E-state index contributed by atoms with van der Waals surface area (Å²) in [5.41, 5.74) is 2.58. The van der Waals surface area contributed by atoms with Crippen LogP contribution >= 0.6 is 7.82 Å². The van der Waals surface area contributed by atoms with Crippen molar-refractivity contribution in [3.05, 3.63) is 94.5 Å². The SMILES string of the molecule is COC(=O)Cc1ccc(OP(=O)(O)Oc2cc(C)cc(C)c2)c(C(=O)c2ccccc2)c1.